The summed E-state index contributed by atoms with van der Waals surface area (Å²) in [7, 11) is 1.60. The smallest absolute Gasteiger partial charge is 0.324 e. The lowest BCUT2D eigenvalue weighted by molar-refractivity contribution is -0.380. The highest BCUT2D eigenvalue weighted by Gasteiger charge is 2.11. The van der Waals surface area contributed by atoms with Crippen LogP contribution in [-0.4, -0.2) is 36.4 Å². The standard InChI is InChI=1S/C10H16N2O4S/c1-16-7-8(4-5-13)11-6-9-2-3-10(17-9)12(14)15/h2-3,8,11,13H,4-7H2,1H3. The van der Waals surface area contributed by atoms with Gasteiger partial charge in [0.15, 0.2) is 0 Å². The lowest BCUT2D eigenvalue weighted by Gasteiger charge is -2.15. The quantitative estimate of drug-likeness (QED) is 0.541. The zero-order chi connectivity index (χ0) is 12.7. The molecule has 96 valence electrons. The number of nitrogens with zero attached hydrogens (tertiary/aromatic N) is 1. The number of hydrogen-bond acceptors (Lipinski definition) is 6. The number of rotatable bonds is 8. The zero-order valence-electron chi connectivity index (χ0n) is 9.59. The molecule has 0 aliphatic heterocycles. The summed E-state index contributed by atoms with van der Waals surface area (Å²) in [6.07, 6.45) is 0.599. The van der Waals surface area contributed by atoms with Gasteiger partial charge in [-0.2, -0.15) is 0 Å². The van der Waals surface area contributed by atoms with Crippen LogP contribution in [0.2, 0.25) is 0 Å². The minimum absolute atomic E-state index is 0.0613. The van der Waals surface area contributed by atoms with E-state index in [4.69, 9.17) is 9.84 Å². The fourth-order valence-corrected chi connectivity index (χ4v) is 2.18. The van der Waals surface area contributed by atoms with Crippen LogP contribution in [0.4, 0.5) is 5.00 Å². The molecule has 0 aliphatic rings. The SMILES string of the molecule is COCC(CCO)NCc1ccc([N+](=O)[O-])s1. The summed E-state index contributed by atoms with van der Waals surface area (Å²) in [5.41, 5.74) is 0. The highest BCUT2D eigenvalue weighted by Crippen LogP contribution is 2.23. The number of nitro groups is 1. The van der Waals surface area contributed by atoms with Crippen LogP contribution < -0.4 is 5.32 Å². The van der Waals surface area contributed by atoms with Crippen LogP contribution >= 0.6 is 11.3 Å². The van der Waals surface area contributed by atoms with Crippen molar-refractivity contribution in [3.8, 4) is 0 Å². The summed E-state index contributed by atoms with van der Waals surface area (Å²) in [5, 5.41) is 22.7. The van der Waals surface area contributed by atoms with Gasteiger partial charge in [-0.15, -0.1) is 0 Å². The summed E-state index contributed by atoms with van der Waals surface area (Å²) >= 11 is 1.15. The molecule has 6 nitrogen and oxygen atoms in total. The molecular weight excluding hydrogens is 244 g/mol. The molecule has 0 saturated heterocycles. The molecule has 1 aromatic heterocycles. The molecule has 7 heteroatoms. The fraction of sp³-hybridized carbons (Fsp3) is 0.600. The molecule has 0 saturated carbocycles. The Morgan fingerprint density at radius 1 is 1.65 bits per heavy atom. The van der Waals surface area contributed by atoms with Gasteiger partial charge in [0, 0.05) is 37.2 Å². The Labute approximate surface area is 103 Å². The number of methoxy groups -OCH3 is 1. The second kappa shape index (κ2) is 7.33. The van der Waals surface area contributed by atoms with Gasteiger partial charge in [0.2, 0.25) is 0 Å². The molecule has 1 unspecified atom stereocenters. The van der Waals surface area contributed by atoms with Gasteiger partial charge < -0.3 is 15.2 Å². The third-order valence-electron chi connectivity index (χ3n) is 2.24. The molecule has 0 spiro atoms. The highest BCUT2D eigenvalue weighted by atomic mass is 32.1. The number of ether oxygens (including phenoxy) is 1. The number of nitrogens with one attached hydrogen (secondary N) is 1. The van der Waals surface area contributed by atoms with E-state index in [9.17, 15) is 10.1 Å². The lowest BCUT2D eigenvalue weighted by atomic mass is 10.2. The van der Waals surface area contributed by atoms with Gasteiger partial charge in [-0.1, -0.05) is 11.3 Å². The molecule has 0 fully saturated rings. The summed E-state index contributed by atoms with van der Waals surface area (Å²) in [6, 6.07) is 3.30. The Morgan fingerprint density at radius 2 is 2.41 bits per heavy atom. The van der Waals surface area contributed by atoms with Crippen molar-refractivity contribution in [1.82, 2.24) is 5.32 Å². The first-order valence-corrected chi connectivity index (χ1v) is 6.05. The van der Waals surface area contributed by atoms with Gasteiger partial charge in [-0.05, 0) is 12.5 Å². The largest absolute Gasteiger partial charge is 0.396 e. The molecule has 1 aromatic rings. The van der Waals surface area contributed by atoms with Crippen molar-refractivity contribution >= 4 is 16.3 Å². The number of aliphatic hydroxyl groups excluding tert-OH is 1. The van der Waals surface area contributed by atoms with Gasteiger partial charge in [-0.25, -0.2) is 0 Å². The molecule has 0 aliphatic carbocycles. The molecule has 1 atom stereocenters. The third-order valence-corrected chi connectivity index (χ3v) is 3.27. The van der Waals surface area contributed by atoms with Crippen LogP contribution in [0.1, 0.15) is 11.3 Å². The first-order valence-electron chi connectivity index (χ1n) is 5.23. The Hall–Kier alpha value is -1.02. The second-order valence-corrected chi connectivity index (χ2v) is 4.69. The van der Waals surface area contributed by atoms with Crippen molar-refractivity contribution in [3.63, 3.8) is 0 Å². The summed E-state index contributed by atoms with van der Waals surface area (Å²) < 4.78 is 5.01. The van der Waals surface area contributed by atoms with Crippen molar-refractivity contribution in [2.24, 2.45) is 0 Å². The third kappa shape index (κ3) is 4.78. The first-order chi connectivity index (χ1) is 8.17. The molecule has 1 heterocycles. The number of hydrogen-bond donors (Lipinski definition) is 2. The van der Waals surface area contributed by atoms with Gasteiger partial charge in [0.05, 0.1) is 11.5 Å². The van der Waals surface area contributed by atoms with E-state index in [0.29, 0.717) is 19.6 Å². The van der Waals surface area contributed by atoms with Crippen molar-refractivity contribution in [3.05, 3.63) is 27.1 Å². The molecule has 0 bridgehead atoms. The van der Waals surface area contributed by atoms with Crippen molar-refractivity contribution in [1.29, 1.82) is 0 Å². The number of aliphatic hydroxyl groups is 1. The topological polar surface area (TPSA) is 84.6 Å². The Kier molecular flexibility index (Phi) is 6.06. The van der Waals surface area contributed by atoms with E-state index in [-0.39, 0.29) is 17.6 Å². The van der Waals surface area contributed by atoms with E-state index < -0.39 is 4.92 Å². The van der Waals surface area contributed by atoms with E-state index in [2.05, 4.69) is 5.32 Å². The second-order valence-electron chi connectivity index (χ2n) is 3.54. The van der Waals surface area contributed by atoms with Crippen LogP contribution in [0.5, 0.6) is 0 Å². The molecule has 0 radical (unpaired) electrons. The van der Waals surface area contributed by atoms with E-state index in [0.717, 1.165) is 16.2 Å². The van der Waals surface area contributed by atoms with E-state index in [1.54, 1.807) is 13.2 Å². The van der Waals surface area contributed by atoms with Crippen LogP contribution in [0.3, 0.4) is 0 Å². The molecule has 1 rings (SSSR count). The maximum absolute atomic E-state index is 10.5. The first kappa shape index (κ1) is 14.0. The average molecular weight is 260 g/mol. The van der Waals surface area contributed by atoms with Gasteiger partial charge in [0.25, 0.3) is 0 Å². The Balaban J connectivity index is 2.44. The maximum Gasteiger partial charge on any atom is 0.324 e. The van der Waals surface area contributed by atoms with Crippen molar-refractivity contribution in [2.75, 3.05) is 20.3 Å². The predicted octanol–water partition coefficient (Wildman–Crippen LogP) is 1.14. The van der Waals surface area contributed by atoms with Crippen LogP contribution in [0.15, 0.2) is 12.1 Å². The molecule has 2 N–H and O–H groups in total. The van der Waals surface area contributed by atoms with E-state index >= 15 is 0 Å². The predicted molar refractivity (Wildman–Crippen MR) is 65.2 cm³/mol. The van der Waals surface area contributed by atoms with Crippen LogP contribution in [-0.2, 0) is 11.3 Å². The van der Waals surface area contributed by atoms with Gasteiger partial charge >= 0.3 is 5.00 Å². The summed E-state index contributed by atoms with van der Waals surface area (Å²) in [4.78, 5) is 11.0. The molecular formula is C10H16N2O4S. The zero-order valence-corrected chi connectivity index (χ0v) is 10.4. The van der Waals surface area contributed by atoms with Crippen molar-refractivity contribution < 1.29 is 14.8 Å². The highest BCUT2D eigenvalue weighted by molar-refractivity contribution is 7.15. The Bertz CT molecular complexity index is 350. The van der Waals surface area contributed by atoms with E-state index in [1.807, 2.05) is 0 Å². The lowest BCUT2D eigenvalue weighted by Crippen LogP contribution is -2.33. The van der Waals surface area contributed by atoms with Gasteiger partial charge in [0.1, 0.15) is 0 Å². The monoisotopic (exact) mass is 260 g/mol. The van der Waals surface area contributed by atoms with Gasteiger partial charge in [-0.3, -0.25) is 10.1 Å². The number of thiophene rings is 1. The molecule has 0 aromatic carbocycles. The molecule has 0 amide bonds. The van der Waals surface area contributed by atoms with Crippen LogP contribution in [0.25, 0.3) is 0 Å². The minimum Gasteiger partial charge on any atom is -0.396 e. The molecule has 17 heavy (non-hydrogen) atoms. The minimum atomic E-state index is -0.394. The average Bonchev–Trinajstić information content (AvgIpc) is 2.75. The fourth-order valence-electron chi connectivity index (χ4n) is 1.41. The normalized spacial score (nSPS) is 12.6. The van der Waals surface area contributed by atoms with E-state index in [1.165, 1.54) is 6.07 Å². The Morgan fingerprint density at radius 3 is 2.94 bits per heavy atom. The maximum atomic E-state index is 10.5. The summed E-state index contributed by atoms with van der Waals surface area (Å²) in [5.74, 6) is 0. The summed E-state index contributed by atoms with van der Waals surface area (Å²) in [6.45, 7) is 1.15. The van der Waals surface area contributed by atoms with Crippen molar-refractivity contribution in [2.45, 2.75) is 19.0 Å². The van der Waals surface area contributed by atoms with Crippen LogP contribution in [0, 0.1) is 10.1 Å².